The van der Waals surface area contributed by atoms with E-state index in [2.05, 4.69) is 0 Å². The second-order valence-electron chi connectivity index (χ2n) is 4.66. The fourth-order valence-electron chi connectivity index (χ4n) is 1.77. The highest BCUT2D eigenvalue weighted by Crippen LogP contribution is 2.10. The first-order chi connectivity index (χ1) is 8.18. The van der Waals surface area contributed by atoms with Gasteiger partial charge in [-0.1, -0.05) is 44.6 Å². The smallest absolute Gasteiger partial charge is 0.244 e. The number of hydrogen-bond acceptors (Lipinski definition) is 2. The largest absolute Gasteiger partial charge is 0.366 e. The minimum absolute atomic E-state index is 0.301. The Morgan fingerprint density at radius 3 is 1.88 bits per heavy atom. The van der Waals surface area contributed by atoms with Gasteiger partial charge in [0, 0.05) is 5.57 Å². The summed E-state index contributed by atoms with van der Waals surface area (Å²) in [6, 6.07) is 0. The molecule has 4 N–H and O–H groups in total. The number of rotatable bonds is 11. The minimum Gasteiger partial charge on any atom is -0.366 e. The van der Waals surface area contributed by atoms with E-state index in [1.54, 1.807) is 6.92 Å². The van der Waals surface area contributed by atoms with E-state index in [9.17, 15) is 4.79 Å². The fourth-order valence-corrected chi connectivity index (χ4v) is 1.77. The molecule has 3 nitrogen and oxygen atoms in total. The number of carbonyl (C=O) groups is 1. The summed E-state index contributed by atoms with van der Waals surface area (Å²) in [6.07, 6.45) is 13.0. The number of carbonyl (C=O) groups excluding carboxylic acids is 1. The van der Waals surface area contributed by atoms with Crippen LogP contribution in [0.15, 0.2) is 11.6 Å². The van der Waals surface area contributed by atoms with Crippen molar-refractivity contribution in [3.8, 4) is 0 Å². The Bertz CT molecular complexity index is 224. The molecule has 100 valence electrons. The molecule has 0 atom stereocenters. The Balaban J connectivity index is 3.19. The maximum absolute atomic E-state index is 10.7. The van der Waals surface area contributed by atoms with Crippen molar-refractivity contribution in [2.75, 3.05) is 6.54 Å². The van der Waals surface area contributed by atoms with Gasteiger partial charge in [-0.3, -0.25) is 4.79 Å². The summed E-state index contributed by atoms with van der Waals surface area (Å²) >= 11 is 0. The summed E-state index contributed by atoms with van der Waals surface area (Å²) in [4.78, 5) is 10.7. The Morgan fingerprint density at radius 2 is 1.41 bits per heavy atom. The van der Waals surface area contributed by atoms with Crippen LogP contribution in [-0.4, -0.2) is 12.5 Å². The third kappa shape index (κ3) is 11.4. The number of hydrogen-bond donors (Lipinski definition) is 2. The zero-order valence-electron chi connectivity index (χ0n) is 11.2. The molecular formula is C14H28N2O. The van der Waals surface area contributed by atoms with Crippen molar-refractivity contribution in [2.24, 2.45) is 11.5 Å². The van der Waals surface area contributed by atoms with E-state index >= 15 is 0 Å². The molecule has 1 amide bonds. The molecule has 0 aromatic carbocycles. The summed E-state index contributed by atoms with van der Waals surface area (Å²) in [5.41, 5.74) is 11.3. The van der Waals surface area contributed by atoms with E-state index in [0.29, 0.717) is 5.57 Å². The quantitative estimate of drug-likeness (QED) is 0.430. The lowest BCUT2D eigenvalue weighted by molar-refractivity contribution is -0.114. The second kappa shape index (κ2) is 11.6. The van der Waals surface area contributed by atoms with Crippen LogP contribution in [0.1, 0.15) is 64.7 Å². The first kappa shape index (κ1) is 16.2. The van der Waals surface area contributed by atoms with Crippen LogP contribution in [-0.2, 0) is 4.79 Å². The number of nitrogens with two attached hydrogens (primary N) is 2. The molecule has 0 radical (unpaired) electrons. The lowest BCUT2D eigenvalue weighted by atomic mass is 10.1. The molecule has 0 saturated heterocycles. The van der Waals surface area contributed by atoms with Crippen LogP contribution >= 0.6 is 0 Å². The Labute approximate surface area is 106 Å². The van der Waals surface area contributed by atoms with Crippen molar-refractivity contribution in [2.45, 2.75) is 64.7 Å². The number of allylic oxidation sites excluding steroid dienone is 1. The predicted octanol–water partition coefficient (Wildman–Crippen LogP) is 2.89. The molecule has 0 heterocycles. The lowest BCUT2D eigenvalue weighted by Gasteiger charge is -2.01. The molecule has 3 heteroatoms. The normalized spacial score (nSPS) is 11.8. The van der Waals surface area contributed by atoms with Crippen LogP contribution in [0.3, 0.4) is 0 Å². The molecular weight excluding hydrogens is 212 g/mol. The number of amides is 1. The van der Waals surface area contributed by atoms with Crippen molar-refractivity contribution in [3.05, 3.63) is 11.6 Å². The fraction of sp³-hybridized carbons (Fsp3) is 0.786. The average Bonchev–Trinajstić information content (AvgIpc) is 2.31. The number of primary amides is 1. The summed E-state index contributed by atoms with van der Waals surface area (Å²) < 4.78 is 0. The molecule has 0 aromatic rings. The summed E-state index contributed by atoms with van der Waals surface area (Å²) in [5.74, 6) is -0.301. The molecule has 0 spiro atoms. The zero-order chi connectivity index (χ0) is 12.9. The van der Waals surface area contributed by atoms with Gasteiger partial charge in [-0.25, -0.2) is 0 Å². The van der Waals surface area contributed by atoms with Gasteiger partial charge in [-0.2, -0.15) is 0 Å². The lowest BCUT2D eigenvalue weighted by Crippen LogP contribution is -2.11. The van der Waals surface area contributed by atoms with Crippen molar-refractivity contribution < 1.29 is 4.79 Å². The topological polar surface area (TPSA) is 69.1 Å². The first-order valence-electron chi connectivity index (χ1n) is 6.85. The molecule has 17 heavy (non-hydrogen) atoms. The monoisotopic (exact) mass is 240 g/mol. The van der Waals surface area contributed by atoms with E-state index in [-0.39, 0.29) is 5.91 Å². The van der Waals surface area contributed by atoms with E-state index < -0.39 is 0 Å². The first-order valence-corrected chi connectivity index (χ1v) is 6.85. The third-order valence-corrected chi connectivity index (χ3v) is 3.00. The maximum Gasteiger partial charge on any atom is 0.244 e. The highest BCUT2D eigenvalue weighted by Gasteiger charge is 1.95. The van der Waals surface area contributed by atoms with E-state index in [1.165, 1.54) is 38.5 Å². The molecule has 0 rings (SSSR count). The van der Waals surface area contributed by atoms with E-state index in [4.69, 9.17) is 11.5 Å². The Kier molecular flexibility index (Phi) is 11.1. The molecule has 0 aliphatic rings. The highest BCUT2D eigenvalue weighted by molar-refractivity contribution is 5.91. The van der Waals surface area contributed by atoms with Crippen molar-refractivity contribution >= 4 is 5.91 Å². The van der Waals surface area contributed by atoms with Crippen molar-refractivity contribution in [1.82, 2.24) is 0 Å². The van der Waals surface area contributed by atoms with Gasteiger partial charge in [0.2, 0.25) is 5.91 Å². The summed E-state index contributed by atoms with van der Waals surface area (Å²) in [7, 11) is 0. The maximum atomic E-state index is 10.7. The van der Waals surface area contributed by atoms with Crippen LogP contribution < -0.4 is 11.5 Å². The van der Waals surface area contributed by atoms with Crippen LogP contribution in [0.25, 0.3) is 0 Å². The van der Waals surface area contributed by atoms with Gasteiger partial charge < -0.3 is 11.5 Å². The average molecular weight is 240 g/mol. The zero-order valence-corrected chi connectivity index (χ0v) is 11.2. The van der Waals surface area contributed by atoms with E-state index in [0.717, 1.165) is 25.8 Å². The van der Waals surface area contributed by atoms with Crippen molar-refractivity contribution in [3.63, 3.8) is 0 Å². The molecule has 0 aliphatic heterocycles. The predicted molar refractivity (Wildman–Crippen MR) is 73.6 cm³/mol. The molecule has 0 fully saturated rings. The van der Waals surface area contributed by atoms with Crippen LogP contribution in [0, 0.1) is 0 Å². The summed E-state index contributed by atoms with van der Waals surface area (Å²) in [5, 5.41) is 0. The molecule has 0 aromatic heterocycles. The molecule has 0 unspecified atom stereocenters. The van der Waals surface area contributed by atoms with Gasteiger partial charge in [-0.05, 0) is 32.7 Å². The molecule has 0 aliphatic carbocycles. The molecule has 0 saturated carbocycles. The van der Waals surface area contributed by atoms with Gasteiger partial charge in [0.05, 0.1) is 0 Å². The highest BCUT2D eigenvalue weighted by atomic mass is 16.1. The third-order valence-electron chi connectivity index (χ3n) is 3.00. The molecule has 0 bridgehead atoms. The van der Waals surface area contributed by atoms with Crippen molar-refractivity contribution in [1.29, 1.82) is 0 Å². The minimum atomic E-state index is -0.301. The SMILES string of the molecule is CC(=CCCCCCCCCCCN)C(N)=O. The van der Waals surface area contributed by atoms with Crippen LogP contribution in [0.2, 0.25) is 0 Å². The van der Waals surface area contributed by atoms with Gasteiger partial charge in [0.1, 0.15) is 0 Å². The summed E-state index contributed by atoms with van der Waals surface area (Å²) in [6.45, 7) is 2.60. The van der Waals surface area contributed by atoms with Gasteiger partial charge in [-0.15, -0.1) is 0 Å². The standard InChI is InChI=1S/C14H28N2O/c1-13(14(16)17)11-9-7-5-3-2-4-6-8-10-12-15/h11H,2-10,12,15H2,1H3,(H2,16,17). The number of unbranched alkanes of at least 4 members (excludes halogenated alkanes) is 8. The van der Waals surface area contributed by atoms with Crippen LogP contribution in [0.4, 0.5) is 0 Å². The van der Waals surface area contributed by atoms with Gasteiger partial charge in [0.25, 0.3) is 0 Å². The van der Waals surface area contributed by atoms with Gasteiger partial charge in [0.15, 0.2) is 0 Å². The second-order valence-corrected chi connectivity index (χ2v) is 4.66. The Hall–Kier alpha value is -0.830. The van der Waals surface area contributed by atoms with E-state index in [1.807, 2.05) is 6.08 Å². The van der Waals surface area contributed by atoms with Crippen LogP contribution in [0.5, 0.6) is 0 Å². The van der Waals surface area contributed by atoms with Gasteiger partial charge >= 0.3 is 0 Å². The Morgan fingerprint density at radius 1 is 0.941 bits per heavy atom.